The van der Waals surface area contributed by atoms with E-state index < -0.39 is 16.1 Å². The second-order valence-corrected chi connectivity index (χ2v) is 9.41. The van der Waals surface area contributed by atoms with Gasteiger partial charge in [-0.3, -0.25) is 0 Å². The molecule has 1 aromatic carbocycles. The van der Waals surface area contributed by atoms with Crippen molar-refractivity contribution in [3.05, 3.63) is 35.9 Å². The highest BCUT2D eigenvalue weighted by molar-refractivity contribution is 7.89. The Kier molecular flexibility index (Phi) is 7.31. The van der Waals surface area contributed by atoms with Gasteiger partial charge in [0.05, 0.1) is 17.9 Å². The zero-order valence-corrected chi connectivity index (χ0v) is 17.3. The third kappa shape index (κ3) is 5.46. The molecule has 2 atom stereocenters. The van der Waals surface area contributed by atoms with Gasteiger partial charge in [0.2, 0.25) is 10.0 Å². The van der Waals surface area contributed by atoms with E-state index in [-0.39, 0.29) is 24.5 Å². The molecule has 1 amide bonds. The Morgan fingerprint density at radius 1 is 1.25 bits per heavy atom. The number of likely N-dealkylation sites (tertiary alicyclic amines) is 1. The SMILES string of the molecule is CCN(C[C@H]1CCCO1)S(=O)(=O)C[C@H]1CCCN1C(=O)OCc1ccccc1. The number of nitrogens with zero attached hydrogens (tertiary/aromatic N) is 2. The Morgan fingerprint density at radius 3 is 2.71 bits per heavy atom. The van der Waals surface area contributed by atoms with Crippen molar-refractivity contribution in [2.24, 2.45) is 0 Å². The number of hydrogen-bond acceptors (Lipinski definition) is 5. The molecule has 0 unspecified atom stereocenters. The molecular weight excluding hydrogens is 380 g/mol. The smallest absolute Gasteiger partial charge is 0.410 e. The summed E-state index contributed by atoms with van der Waals surface area (Å²) in [5.41, 5.74) is 0.910. The molecular formula is C20H30N2O5S. The van der Waals surface area contributed by atoms with Crippen molar-refractivity contribution in [3.63, 3.8) is 0 Å². The monoisotopic (exact) mass is 410 g/mol. The maximum Gasteiger partial charge on any atom is 0.410 e. The molecule has 0 radical (unpaired) electrons. The average molecular weight is 411 g/mol. The van der Waals surface area contributed by atoms with Crippen molar-refractivity contribution in [1.29, 1.82) is 0 Å². The zero-order valence-electron chi connectivity index (χ0n) is 16.5. The first-order chi connectivity index (χ1) is 13.5. The van der Waals surface area contributed by atoms with Crippen LogP contribution in [-0.2, 0) is 26.1 Å². The summed E-state index contributed by atoms with van der Waals surface area (Å²) in [6.45, 7) is 4.07. The topological polar surface area (TPSA) is 76.2 Å². The Morgan fingerprint density at radius 2 is 2.04 bits per heavy atom. The fraction of sp³-hybridized carbons (Fsp3) is 0.650. The number of sulfonamides is 1. The van der Waals surface area contributed by atoms with Crippen LogP contribution in [0.25, 0.3) is 0 Å². The second kappa shape index (κ2) is 9.71. The van der Waals surface area contributed by atoms with Gasteiger partial charge in [-0.05, 0) is 31.2 Å². The van der Waals surface area contributed by atoms with Gasteiger partial charge < -0.3 is 14.4 Å². The summed E-state index contributed by atoms with van der Waals surface area (Å²) < 4.78 is 38.4. The zero-order chi connectivity index (χ0) is 20.0. The first kappa shape index (κ1) is 21.1. The van der Waals surface area contributed by atoms with Crippen molar-refractivity contribution >= 4 is 16.1 Å². The van der Waals surface area contributed by atoms with Gasteiger partial charge in [0.15, 0.2) is 0 Å². The van der Waals surface area contributed by atoms with Crippen LogP contribution >= 0.6 is 0 Å². The summed E-state index contributed by atoms with van der Waals surface area (Å²) in [7, 11) is -3.47. The predicted molar refractivity (Wildman–Crippen MR) is 106 cm³/mol. The minimum atomic E-state index is -3.47. The summed E-state index contributed by atoms with van der Waals surface area (Å²) >= 11 is 0. The number of benzene rings is 1. The highest BCUT2D eigenvalue weighted by Gasteiger charge is 2.36. The van der Waals surface area contributed by atoms with Crippen LogP contribution in [0.2, 0.25) is 0 Å². The average Bonchev–Trinajstić information content (AvgIpc) is 3.36. The minimum Gasteiger partial charge on any atom is -0.445 e. The first-order valence-corrected chi connectivity index (χ1v) is 11.7. The van der Waals surface area contributed by atoms with Gasteiger partial charge in [0.1, 0.15) is 6.61 Å². The first-order valence-electron chi connectivity index (χ1n) is 10.1. The molecule has 2 aliphatic rings. The van der Waals surface area contributed by atoms with E-state index in [0.717, 1.165) is 24.8 Å². The third-order valence-corrected chi connectivity index (χ3v) is 7.40. The van der Waals surface area contributed by atoms with Crippen LogP contribution in [0.1, 0.15) is 38.2 Å². The van der Waals surface area contributed by atoms with Crippen LogP contribution in [-0.4, -0.2) is 67.9 Å². The van der Waals surface area contributed by atoms with Crippen molar-refractivity contribution in [3.8, 4) is 0 Å². The summed E-state index contributed by atoms with van der Waals surface area (Å²) in [4.78, 5) is 14.1. The molecule has 28 heavy (non-hydrogen) atoms. The standard InChI is InChI=1S/C20H30N2O5S/c1-2-21(14-19-11-7-13-26-19)28(24,25)16-18-10-6-12-22(18)20(23)27-15-17-8-4-3-5-9-17/h3-5,8-9,18-19H,2,6-7,10-16H2,1H3/t18-,19-/m1/s1. The van der Waals surface area contributed by atoms with Gasteiger partial charge in [-0.2, -0.15) is 4.31 Å². The van der Waals surface area contributed by atoms with Crippen LogP contribution < -0.4 is 0 Å². The molecule has 2 heterocycles. The second-order valence-electron chi connectivity index (χ2n) is 7.39. The molecule has 2 fully saturated rings. The molecule has 8 heteroatoms. The van der Waals surface area contributed by atoms with Crippen molar-refractivity contribution in [2.45, 2.75) is 51.4 Å². The number of hydrogen-bond donors (Lipinski definition) is 0. The molecule has 0 N–H and O–H groups in total. The molecule has 156 valence electrons. The number of ether oxygens (including phenoxy) is 2. The van der Waals surface area contributed by atoms with Crippen LogP contribution in [0.4, 0.5) is 4.79 Å². The maximum absolute atomic E-state index is 12.9. The third-order valence-electron chi connectivity index (χ3n) is 5.40. The predicted octanol–water partition coefficient (Wildman–Crippen LogP) is 2.62. The molecule has 1 aromatic rings. The Bertz CT molecular complexity index is 734. The molecule has 0 saturated carbocycles. The molecule has 0 aliphatic carbocycles. The van der Waals surface area contributed by atoms with E-state index >= 15 is 0 Å². The van der Waals surface area contributed by atoms with Crippen LogP contribution in [0.3, 0.4) is 0 Å². The quantitative estimate of drug-likeness (QED) is 0.658. The van der Waals surface area contributed by atoms with Crippen LogP contribution in [0.5, 0.6) is 0 Å². The van der Waals surface area contributed by atoms with Gasteiger partial charge in [0.25, 0.3) is 0 Å². The highest BCUT2D eigenvalue weighted by atomic mass is 32.2. The van der Waals surface area contributed by atoms with Crippen molar-refractivity contribution < 1.29 is 22.7 Å². The van der Waals surface area contributed by atoms with E-state index in [9.17, 15) is 13.2 Å². The van der Waals surface area contributed by atoms with Gasteiger partial charge in [0, 0.05) is 26.2 Å². The van der Waals surface area contributed by atoms with E-state index in [4.69, 9.17) is 9.47 Å². The molecule has 2 aliphatic heterocycles. The van der Waals surface area contributed by atoms with Crippen LogP contribution in [0.15, 0.2) is 30.3 Å². The van der Waals surface area contributed by atoms with E-state index in [1.165, 1.54) is 4.31 Å². The van der Waals surface area contributed by atoms with Gasteiger partial charge >= 0.3 is 6.09 Å². The summed E-state index contributed by atoms with van der Waals surface area (Å²) in [5, 5.41) is 0. The number of amides is 1. The number of rotatable bonds is 8. The Balaban J connectivity index is 1.57. The lowest BCUT2D eigenvalue weighted by atomic mass is 10.2. The Hall–Kier alpha value is -1.64. The molecule has 0 spiro atoms. The minimum absolute atomic E-state index is 0.0229. The number of likely N-dealkylation sites (N-methyl/N-ethyl adjacent to an activating group) is 1. The lowest BCUT2D eigenvalue weighted by Crippen LogP contribution is -2.45. The summed E-state index contributed by atoms with van der Waals surface area (Å²) in [6, 6.07) is 9.13. The summed E-state index contributed by atoms with van der Waals surface area (Å²) in [5.74, 6) is -0.0615. The maximum atomic E-state index is 12.9. The van der Waals surface area contributed by atoms with Gasteiger partial charge in [-0.25, -0.2) is 13.2 Å². The number of carbonyl (C=O) groups excluding carboxylic acids is 1. The van der Waals surface area contributed by atoms with E-state index in [1.807, 2.05) is 37.3 Å². The molecule has 3 rings (SSSR count). The van der Waals surface area contributed by atoms with E-state index in [0.29, 0.717) is 32.7 Å². The number of carbonyl (C=O) groups is 1. The van der Waals surface area contributed by atoms with E-state index in [1.54, 1.807) is 4.90 Å². The van der Waals surface area contributed by atoms with Crippen molar-refractivity contribution in [1.82, 2.24) is 9.21 Å². The normalized spacial score (nSPS) is 22.7. The fourth-order valence-electron chi connectivity index (χ4n) is 3.85. The lowest BCUT2D eigenvalue weighted by molar-refractivity contribution is 0.0918. The Labute approximate surface area is 167 Å². The summed E-state index contributed by atoms with van der Waals surface area (Å²) in [6.07, 6.45) is 2.88. The molecule has 0 bridgehead atoms. The van der Waals surface area contributed by atoms with Crippen molar-refractivity contribution in [2.75, 3.05) is 32.0 Å². The van der Waals surface area contributed by atoms with Gasteiger partial charge in [-0.15, -0.1) is 0 Å². The lowest BCUT2D eigenvalue weighted by Gasteiger charge is -2.28. The molecule has 2 saturated heterocycles. The highest BCUT2D eigenvalue weighted by Crippen LogP contribution is 2.23. The van der Waals surface area contributed by atoms with E-state index in [2.05, 4.69) is 0 Å². The fourth-order valence-corrected chi connectivity index (χ4v) is 5.69. The molecule has 7 nitrogen and oxygen atoms in total. The van der Waals surface area contributed by atoms with Crippen LogP contribution in [0, 0.1) is 0 Å². The van der Waals surface area contributed by atoms with Gasteiger partial charge in [-0.1, -0.05) is 37.3 Å². The molecule has 0 aromatic heterocycles. The largest absolute Gasteiger partial charge is 0.445 e.